The van der Waals surface area contributed by atoms with Crippen LogP contribution >= 0.6 is 0 Å². The molecule has 0 spiro atoms. The highest BCUT2D eigenvalue weighted by Gasteiger charge is 2.19. The summed E-state index contributed by atoms with van der Waals surface area (Å²) in [6, 6.07) is 7.55. The van der Waals surface area contributed by atoms with E-state index < -0.39 is 11.2 Å². The molecule has 0 aliphatic heterocycles. The molecule has 0 aliphatic rings. The molecule has 0 aliphatic carbocycles. The molecule has 0 bridgehead atoms. The Balaban J connectivity index is 2.17. The van der Waals surface area contributed by atoms with Crippen molar-refractivity contribution in [3.05, 3.63) is 57.8 Å². The van der Waals surface area contributed by atoms with Gasteiger partial charge in [-0.2, -0.15) is 0 Å². The molecule has 1 N–H and O–H groups in total. The third-order valence-electron chi connectivity index (χ3n) is 4.55. The number of fused-ring (bicyclic) bond motifs is 1. The summed E-state index contributed by atoms with van der Waals surface area (Å²) in [5, 5.41) is 0. The van der Waals surface area contributed by atoms with Crippen molar-refractivity contribution in [3.63, 3.8) is 0 Å². The first kappa shape index (κ1) is 19.7. The van der Waals surface area contributed by atoms with E-state index in [0.29, 0.717) is 36.7 Å². The molecule has 148 valence electrons. The van der Waals surface area contributed by atoms with E-state index in [1.807, 2.05) is 35.8 Å². The number of hydrogen-bond donors (Lipinski definition) is 1. The maximum Gasteiger partial charge on any atom is 0.330 e. The summed E-state index contributed by atoms with van der Waals surface area (Å²) in [5.74, 6) is 1.41. The zero-order valence-electron chi connectivity index (χ0n) is 16.4. The van der Waals surface area contributed by atoms with Crippen LogP contribution in [0.3, 0.4) is 0 Å². The Bertz CT molecular complexity index is 1070. The minimum Gasteiger partial charge on any atom is -0.490 e. The van der Waals surface area contributed by atoms with Crippen molar-refractivity contribution < 1.29 is 4.74 Å². The van der Waals surface area contributed by atoms with Gasteiger partial charge in [0, 0.05) is 18.7 Å². The molecular formula is C21H26N4O3. The molecule has 7 nitrogen and oxygen atoms in total. The predicted molar refractivity (Wildman–Crippen MR) is 111 cm³/mol. The molecule has 3 aromatic rings. The van der Waals surface area contributed by atoms with Gasteiger partial charge in [0.05, 0.1) is 0 Å². The highest BCUT2D eigenvalue weighted by atomic mass is 16.5. The lowest BCUT2D eigenvalue weighted by Gasteiger charge is -2.09. The fourth-order valence-electron chi connectivity index (χ4n) is 3.21. The molecule has 7 heteroatoms. The maximum absolute atomic E-state index is 12.6. The summed E-state index contributed by atoms with van der Waals surface area (Å²) in [5.41, 5.74) is 0.944. The molecular weight excluding hydrogens is 356 g/mol. The van der Waals surface area contributed by atoms with E-state index in [2.05, 4.69) is 18.5 Å². The molecule has 2 heterocycles. The molecule has 2 aromatic heterocycles. The second kappa shape index (κ2) is 8.73. The summed E-state index contributed by atoms with van der Waals surface area (Å²) < 4.78 is 9.00. The van der Waals surface area contributed by atoms with E-state index in [1.165, 1.54) is 0 Å². The van der Waals surface area contributed by atoms with Gasteiger partial charge in [-0.25, -0.2) is 9.78 Å². The van der Waals surface area contributed by atoms with Crippen LogP contribution in [-0.2, 0) is 13.1 Å². The topological polar surface area (TPSA) is 81.9 Å². The predicted octanol–water partition coefficient (Wildman–Crippen LogP) is 3.33. The van der Waals surface area contributed by atoms with Crippen LogP contribution in [0.5, 0.6) is 5.75 Å². The Labute approximate surface area is 163 Å². The van der Waals surface area contributed by atoms with Gasteiger partial charge in [0.1, 0.15) is 18.2 Å². The Hall–Kier alpha value is -3.09. The number of aromatic amines is 1. The van der Waals surface area contributed by atoms with E-state index in [-0.39, 0.29) is 0 Å². The average molecular weight is 382 g/mol. The number of nitrogens with zero attached hydrogens (tertiary/aromatic N) is 3. The lowest BCUT2D eigenvalue weighted by molar-refractivity contribution is 0.363. The van der Waals surface area contributed by atoms with Gasteiger partial charge in [-0.05, 0) is 37.1 Å². The molecule has 0 unspecified atom stereocenters. The van der Waals surface area contributed by atoms with Crippen LogP contribution in [0.1, 0.15) is 33.1 Å². The Morgan fingerprint density at radius 3 is 2.50 bits per heavy atom. The van der Waals surface area contributed by atoms with Crippen molar-refractivity contribution in [2.24, 2.45) is 0 Å². The van der Waals surface area contributed by atoms with Crippen molar-refractivity contribution in [1.82, 2.24) is 19.1 Å². The van der Waals surface area contributed by atoms with E-state index in [9.17, 15) is 9.59 Å². The highest BCUT2D eigenvalue weighted by Crippen LogP contribution is 2.25. The van der Waals surface area contributed by atoms with Crippen LogP contribution in [-0.4, -0.2) is 25.7 Å². The Morgan fingerprint density at radius 2 is 1.86 bits per heavy atom. The van der Waals surface area contributed by atoms with Crippen molar-refractivity contribution in [3.8, 4) is 17.1 Å². The van der Waals surface area contributed by atoms with Crippen LogP contribution in [0.2, 0.25) is 0 Å². The Kier molecular flexibility index (Phi) is 6.13. The smallest absolute Gasteiger partial charge is 0.330 e. The van der Waals surface area contributed by atoms with Gasteiger partial charge in [0.15, 0.2) is 11.2 Å². The summed E-state index contributed by atoms with van der Waals surface area (Å²) in [4.78, 5) is 32.1. The van der Waals surface area contributed by atoms with Crippen LogP contribution in [0.15, 0.2) is 46.5 Å². The number of aryl methyl sites for hydroxylation is 2. The normalized spacial score (nSPS) is 11.1. The number of H-pyrrole nitrogens is 1. The van der Waals surface area contributed by atoms with Gasteiger partial charge >= 0.3 is 5.69 Å². The molecule has 0 atom stereocenters. The maximum atomic E-state index is 12.6. The van der Waals surface area contributed by atoms with Crippen molar-refractivity contribution >= 4 is 11.2 Å². The summed E-state index contributed by atoms with van der Waals surface area (Å²) in [6.45, 7) is 9.35. The highest BCUT2D eigenvalue weighted by molar-refractivity contribution is 5.77. The standard InChI is InChI=1S/C21H26N4O3/c1-4-7-13-25-19-17(20(26)23-21(25)27)24(12-5-2)18(22-19)15-8-10-16(11-9-15)28-14-6-3/h6,8-11H,3-5,7,12-14H2,1-2H3,(H,23,26,27). The van der Waals surface area contributed by atoms with Gasteiger partial charge in [-0.3, -0.25) is 14.3 Å². The zero-order chi connectivity index (χ0) is 20.1. The number of ether oxygens (including phenoxy) is 1. The van der Waals surface area contributed by atoms with Crippen molar-refractivity contribution in [2.45, 2.75) is 46.2 Å². The second-order valence-electron chi connectivity index (χ2n) is 6.65. The number of imidazole rings is 1. The van der Waals surface area contributed by atoms with Crippen LogP contribution < -0.4 is 16.0 Å². The lowest BCUT2D eigenvalue weighted by atomic mass is 10.2. The first-order valence-electron chi connectivity index (χ1n) is 9.68. The van der Waals surface area contributed by atoms with Gasteiger partial charge in [-0.15, -0.1) is 0 Å². The number of nitrogens with one attached hydrogen (secondary N) is 1. The fraction of sp³-hybridized carbons (Fsp3) is 0.381. The molecule has 3 rings (SSSR count). The van der Waals surface area contributed by atoms with Gasteiger partial charge in [-0.1, -0.05) is 32.9 Å². The van der Waals surface area contributed by atoms with Crippen LogP contribution in [0, 0.1) is 0 Å². The quantitative estimate of drug-likeness (QED) is 0.576. The van der Waals surface area contributed by atoms with Crippen LogP contribution in [0.25, 0.3) is 22.6 Å². The average Bonchev–Trinajstić information content (AvgIpc) is 3.06. The fourth-order valence-corrected chi connectivity index (χ4v) is 3.21. The monoisotopic (exact) mass is 382 g/mol. The molecule has 0 radical (unpaired) electrons. The number of unbranched alkanes of at least 4 members (excludes halogenated alkanes) is 1. The molecule has 0 saturated carbocycles. The molecule has 28 heavy (non-hydrogen) atoms. The van der Waals surface area contributed by atoms with E-state index >= 15 is 0 Å². The SMILES string of the molecule is C=CCOc1ccc(-c2nc3c(c(=O)[nH]c(=O)n3CCCC)n2CCC)cc1. The number of hydrogen-bond acceptors (Lipinski definition) is 4. The van der Waals surface area contributed by atoms with Crippen molar-refractivity contribution in [2.75, 3.05) is 6.61 Å². The van der Waals surface area contributed by atoms with Gasteiger partial charge < -0.3 is 9.30 Å². The van der Waals surface area contributed by atoms with Crippen molar-refractivity contribution in [1.29, 1.82) is 0 Å². The first-order chi connectivity index (χ1) is 13.6. The summed E-state index contributed by atoms with van der Waals surface area (Å²) in [6.07, 6.45) is 4.32. The lowest BCUT2D eigenvalue weighted by Crippen LogP contribution is -2.31. The summed E-state index contributed by atoms with van der Waals surface area (Å²) in [7, 11) is 0. The summed E-state index contributed by atoms with van der Waals surface area (Å²) >= 11 is 0. The molecule has 0 saturated heterocycles. The van der Waals surface area contributed by atoms with Gasteiger partial charge in [0.2, 0.25) is 0 Å². The molecule has 0 fully saturated rings. The van der Waals surface area contributed by atoms with E-state index in [4.69, 9.17) is 9.72 Å². The minimum absolute atomic E-state index is 0.397. The minimum atomic E-state index is -0.410. The first-order valence-corrected chi connectivity index (χ1v) is 9.68. The number of benzene rings is 1. The number of aromatic nitrogens is 4. The van der Waals surface area contributed by atoms with Gasteiger partial charge in [0.25, 0.3) is 5.56 Å². The zero-order valence-corrected chi connectivity index (χ0v) is 16.4. The third kappa shape index (κ3) is 3.78. The Morgan fingerprint density at radius 1 is 1.11 bits per heavy atom. The molecule has 1 aromatic carbocycles. The molecule has 0 amide bonds. The van der Waals surface area contributed by atoms with Crippen LogP contribution in [0.4, 0.5) is 0 Å². The second-order valence-corrected chi connectivity index (χ2v) is 6.65. The number of rotatable bonds is 9. The largest absolute Gasteiger partial charge is 0.490 e. The van der Waals surface area contributed by atoms with E-state index in [0.717, 1.165) is 30.6 Å². The third-order valence-corrected chi connectivity index (χ3v) is 4.55. The van der Waals surface area contributed by atoms with E-state index in [1.54, 1.807) is 10.6 Å².